The number of urea groups is 1. The van der Waals surface area contributed by atoms with Crippen molar-refractivity contribution in [2.24, 2.45) is 5.92 Å². The van der Waals surface area contributed by atoms with Crippen LogP contribution in [-0.4, -0.2) is 39.8 Å². The maximum absolute atomic E-state index is 13.4. The van der Waals surface area contributed by atoms with Crippen LogP contribution in [0.1, 0.15) is 39.0 Å². The van der Waals surface area contributed by atoms with Crippen LogP contribution in [0.4, 0.5) is 18.7 Å². The zero-order chi connectivity index (χ0) is 22.2. The predicted molar refractivity (Wildman–Crippen MR) is 111 cm³/mol. The van der Waals surface area contributed by atoms with Crippen molar-refractivity contribution in [3.63, 3.8) is 0 Å². The summed E-state index contributed by atoms with van der Waals surface area (Å²) in [7, 11) is 0. The molecule has 1 aromatic heterocycles. The van der Waals surface area contributed by atoms with E-state index in [-0.39, 0.29) is 11.0 Å². The van der Waals surface area contributed by atoms with Gasteiger partial charge in [0.15, 0.2) is 16.8 Å². The van der Waals surface area contributed by atoms with Crippen molar-refractivity contribution in [1.82, 2.24) is 15.2 Å². The number of carbonyl (C=O) groups excluding carboxylic acids is 3. The molecule has 0 radical (unpaired) electrons. The van der Waals surface area contributed by atoms with Crippen LogP contribution in [0.5, 0.6) is 0 Å². The third-order valence-corrected chi connectivity index (χ3v) is 6.81. The summed E-state index contributed by atoms with van der Waals surface area (Å²) < 4.78 is 26.5. The van der Waals surface area contributed by atoms with E-state index in [9.17, 15) is 23.2 Å². The molecule has 1 saturated heterocycles. The average Bonchev–Trinajstić information content (AvgIpc) is 3.29. The number of carbonyl (C=O) groups is 3. The van der Waals surface area contributed by atoms with Gasteiger partial charge in [0, 0.05) is 10.9 Å². The fraction of sp³-hybridized carbons (Fsp3) is 0.429. The zero-order valence-corrected chi connectivity index (χ0v) is 17.7. The molecule has 31 heavy (non-hydrogen) atoms. The van der Waals surface area contributed by atoms with E-state index >= 15 is 0 Å². The van der Waals surface area contributed by atoms with Gasteiger partial charge in [-0.3, -0.25) is 14.5 Å². The number of amides is 4. The van der Waals surface area contributed by atoms with Gasteiger partial charge < -0.3 is 10.6 Å². The summed E-state index contributed by atoms with van der Waals surface area (Å²) in [5.74, 6) is -2.31. The Kier molecular flexibility index (Phi) is 5.74. The monoisotopic (exact) mass is 448 g/mol. The van der Waals surface area contributed by atoms with Crippen LogP contribution in [0.2, 0.25) is 0 Å². The van der Waals surface area contributed by atoms with Gasteiger partial charge in [0.2, 0.25) is 5.91 Å². The molecule has 4 amide bonds. The van der Waals surface area contributed by atoms with Gasteiger partial charge in [-0.1, -0.05) is 13.3 Å². The number of halogens is 2. The molecule has 0 unspecified atom stereocenters. The molecular weight excluding hydrogens is 426 g/mol. The third kappa shape index (κ3) is 4.16. The van der Waals surface area contributed by atoms with Gasteiger partial charge in [0.1, 0.15) is 12.1 Å². The maximum Gasteiger partial charge on any atom is 0.325 e. The Balaban J connectivity index is 1.39. The molecule has 2 N–H and O–H groups in total. The number of nitrogens with zero attached hydrogens (tertiary/aromatic N) is 2. The van der Waals surface area contributed by atoms with Crippen LogP contribution >= 0.6 is 11.3 Å². The molecule has 1 aromatic carbocycles. The topological polar surface area (TPSA) is 91.4 Å². The van der Waals surface area contributed by atoms with Gasteiger partial charge >= 0.3 is 6.03 Å². The molecule has 7 nitrogen and oxygen atoms in total. The second-order valence-electron chi connectivity index (χ2n) is 7.97. The highest BCUT2D eigenvalue weighted by Crippen LogP contribution is 2.37. The number of rotatable bonds is 5. The smallest absolute Gasteiger partial charge is 0.323 e. The first kappa shape index (κ1) is 21.4. The number of nitrogens with one attached hydrogen (secondary N) is 2. The Labute approximate surface area is 181 Å². The summed E-state index contributed by atoms with van der Waals surface area (Å²) in [4.78, 5) is 42.9. The Hall–Kier alpha value is -2.88. The summed E-state index contributed by atoms with van der Waals surface area (Å²) in [5.41, 5.74) is -0.153. The number of imide groups is 1. The maximum atomic E-state index is 13.4. The number of benzene rings is 1. The van der Waals surface area contributed by atoms with Gasteiger partial charge in [-0.2, -0.15) is 0 Å². The van der Waals surface area contributed by atoms with Crippen LogP contribution < -0.4 is 10.6 Å². The van der Waals surface area contributed by atoms with Crippen molar-refractivity contribution in [3.05, 3.63) is 35.2 Å². The van der Waals surface area contributed by atoms with Crippen LogP contribution in [-0.2, 0) is 9.59 Å². The molecule has 2 aliphatic rings. The van der Waals surface area contributed by atoms with Crippen molar-refractivity contribution in [3.8, 4) is 11.3 Å². The molecule has 1 spiro atoms. The van der Waals surface area contributed by atoms with Gasteiger partial charge in [-0.25, -0.2) is 18.6 Å². The number of thiazole rings is 1. The van der Waals surface area contributed by atoms with E-state index in [2.05, 4.69) is 22.5 Å². The lowest BCUT2D eigenvalue weighted by Gasteiger charge is -2.34. The Bertz CT molecular complexity index is 1030. The van der Waals surface area contributed by atoms with Gasteiger partial charge in [0.05, 0.1) is 5.69 Å². The number of anilines is 1. The molecule has 2 heterocycles. The van der Waals surface area contributed by atoms with Crippen LogP contribution in [0.15, 0.2) is 23.6 Å². The fourth-order valence-corrected chi connectivity index (χ4v) is 4.89. The minimum Gasteiger partial charge on any atom is -0.323 e. The molecule has 164 valence electrons. The van der Waals surface area contributed by atoms with Crippen molar-refractivity contribution in [1.29, 1.82) is 0 Å². The first-order chi connectivity index (χ1) is 14.8. The third-order valence-electron chi connectivity index (χ3n) is 6.05. The van der Waals surface area contributed by atoms with Gasteiger partial charge in [0.25, 0.3) is 5.91 Å². The largest absolute Gasteiger partial charge is 0.325 e. The van der Waals surface area contributed by atoms with Crippen LogP contribution in [0.25, 0.3) is 11.3 Å². The minimum absolute atomic E-state index is 0.231. The van der Waals surface area contributed by atoms with Gasteiger partial charge in [-0.05, 0) is 49.8 Å². The first-order valence-corrected chi connectivity index (χ1v) is 11.0. The number of hydrogen-bond acceptors (Lipinski definition) is 5. The lowest BCUT2D eigenvalue weighted by Crippen LogP contribution is -2.49. The average molecular weight is 448 g/mol. The fourth-order valence-electron chi connectivity index (χ4n) is 4.16. The second kappa shape index (κ2) is 8.33. The van der Waals surface area contributed by atoms with Crippen molar-refractivity contribution < 1.29 is 23.2 Å². The molecule has 1 aliphatic heterocycles. The highest BCUT2D eigenvalue weighted by molar-refractivity contribution is 7.14. The van der Waals surface area contributed by atoms with E-state index in [4.69, 9.17) is 0 Å². The highest BCUT2D eigenvalue weighted by Gasteiger charge is 2.52. The van der Waals surface area contributed by atoms with E-state index in [1.54, 1.807) is 5.38 Å². The predicted octanol–water partition coefficient (Wildman–Crippen LogP) is 3.92. The molecule has 2 fully saturated rings. The molecule has 10 heteroatoms. The molecule has 0 bridgehead atoms. The molecule has 1 saturated carbocycles. The highest BCUT2D eigenvalue weighted by atomic mass is 32.1. The lowest BCUT2D eigenvalue weighted by atomic mass is 9.75. The quantitative estimate of drug-likeness (QED) is 0.679. The standard InChI is InChI=1S/C21H22F2N4O3S/c1-2-12-5-7-21(8-6-12)18(29)27(20(30)26-21)10-17(28)25-19-24-16(11-31-19)13-3-4-14(22)15(23)9-13/h3-4,9,11-12H,2,5-8,10H2,1H3,(H,26,30)(H,24,25,28). The Morgan fingerprint density at radius 2 is 2.03 bits per heavy atom. The summed E-state index contributed by atoms with van der Waals surface area (Å²) in [6, 6.07) is 2.86. The van der Waals surface area contributed by atoms with Gasteiger partial charge in [-0.15, -0.1) is 11.3 Å². The summed E-state index contributed by atoms with van der Waals surface area (Å²) in [6.07, 6.45) is 3.95. The van der Waals surface area contributed by atoms with Crippen molar-refractivity contribution >= 4 is 34.3 Å². The summed E-state index contributed by atoms with van der Waals surface area (Å²) >= 11 is 1.10. The first-order valence-electron chi connectivity index (χ1n) is 10.2. The Morgan fingerprint density at radius 1 is 1.29 bits per heavy atom. The Morgan fingerprint density at radius 3 is 2.71 bits per heavy atom. The molecule has 0 atom stereocenters. The summed E-state index contributed by atoms with van der Waals surface area (Å²) in [5, 5.41) is 7.18. The van der Waals surface area contributed by atoms with E-state index in [0.29, 0.717) is 30.0 Å². The van der Waals surface area contributed by atoms with E-state index < -0.39 is 35.7 Å². The minimum atomic E-state index is -0.989. The number of aromatic nitrogens is 1. The second-order valence-corrected chi connectivity index (χ2v) is 8.83. The SMILES string of the molecule is CCC1CCC2(CC1)NC(=O)N(CC(=O)Nc1nc(-c3ccc(F)c(F)c3)cs1)C2=O. The lowest BCUT2D eigenvalue weighted by molar-refractivity contribution is -0.135. The van der Waals surface area contributed by atoms with E-state index in [1.807, 2.05) is 0 Å². The molecule has 2 aromatic rings. The van der Waals surface area contributed by atoms with Crippen LogP contribution in [0, 0.1) is 17.6 Å². The molecule has 1 aliphatic carbocycles. The molecular formula is C21H22F2N4O3S. The van der Waals surface area contributed by atoms with Crippen molar-refractivity contribution in [2.45, 2.75) is 44.6 Å². The normalized spacial score (nSPS) is 23.3. The summed E-state index contributed by atoms with van der Waals surface area (Å²) in [6.45, 7) is 1.70. The van der Waals surface area contributed by atoms with E-state index in [1.165, 1.54) is 6.07 Å². The van der Waals surface area contributed by atoms with E-state index in [0.717, 1.165) is 47.6 Å². The number of hydrogen-bond donors (Lipinski definition) is 2. The zero-order valence-electron chi connectivity index (χ0n) is 16.9. The van der Waals surface area contributed by atoms with Crippen molar-refractivity contribution in [2.75, 3.05) is 11.9 Å². The van der Waals surface area contributed by atoms with Crippen LogP contribution in [0.3, 0.4) is 0 Å². The molecule has 4 rings (SSSR count).